The molecule has 0 radical (unpaired) electrons. The minimum Gasteiger partial charge on any atom is -0.385 e. The van der Waals surface area contributed by atoms with Gasteiger partial charge in [-0.15, -0.1) is 0 Å². The highest BCUT2D eigenvalue weighted by molar-refractivity contribution is 9.10. The lowest BCUT2D eigenvalue weighted by molar-refractivity contribution is 0.0779. The number of benzene rings is 1. The third-order valence-corrected chi connectivity index (χ3v) is 1.98. The van der Waals surface area contributed by atoms with Crippen LogP contribution in [0.4, 0.5) is 0 Å². The average Bonchev–Trinajstić information content (AvgIpc) is 2.03. The first-order valence-corrected chi connectivity index (χ1v) is 4.38. The quantitative estimate of drug-likeness (QED) is 0.787. The first-order valence-electron chi connectivity index (χ1n) is 3.59. The van der Waals surface area contributed by atoms with E-state index in [0.29, 0.717) is 5.56 Å². The molecule has 0 bridgehead atoms. The largest absolute Gasteiger partial charge is 0.385 e. The molecule has 0 aliphatic rings. The van der Waals surface area contributed by atoms with Gasteiger partial charge in [0.05, 0.1) is 0 Å². The second-order valence-corrected chi connectivity index (χ2v) is 3.47. The van der Waals surface area contributed by atoms with Gasteiger partial charge in [-0.1, -0.05) is 28.1 Å². The van der Waals surface area contributed by atoms with E-state index in [1.54, 1.807) is 18.2 Å². The fourth-order valence-corrected chi connectivity index (χ4v) is 1.28. The maximum atomic E-state index is 11.2. The highest BCUT2D eigenvalue weighted by atomic mass is 79.9. The van der Waals surface area contributed by atoms with Crippen molar-refractivity contribution in [1.29, 1.82) is 0 Å². The molecule has 0 aliphatic heterocycles. The summed E-state index contributed by atoms with van der Waals surface area (Å²) in [5.41, 5.74) is 0.527. The van der Waals surface area contributed by atoms with Crippen LogP contribution in [0, 0.1) is 0 Å². The van der Waals surface area contributed by atoms with E-state index in [2.05, 4.69) is 15.9 Å². The number of carbonyl (C=O) groups excluding carboxylic acids is 1. The molecule has 64 valence electrons. The zero-order chi connectivity index (χ0) is 9.14. The number of carbonyl (C=O) groups is 1. The van der Waals surface area contributed by atoms with Crippen molar-refractivity contribution in [3.8, 4) is 0 Å². The number of aliphatic hydroxyl groups excluding tert-OH is 1. The predicted octanol–water partition coefficient (Wildman–Crippen LogP) is 2.01. The summed E-state index contributed by atoms with van der Waals surface area (Å²) in [5, 5.41) is 9.00. The normalized spacial score (nSPS) is 12.6. The van der Waals surface area contributed by atoms with Crippen LogP contribution in [0.25, 0.3) is 0 Å². The minimum atomic E-state index is -0.931. The van der Waals surface area contributed by atoms with E-state index in [0.717, 1.165) is 4.47 Å². The van der Waals surface area contributed by atoms with Crippen LogP contribution in [0.5, 0.6) is 0 Å². The lowest BCUT2D eigenvalue weighted by Gasteiger charge is -2.02. The maximum absolute atomic E-state index is 11.2. The van der Waals surface area contributed by atoms with Crippen molar-refractivity contribution in [3.05, 3.63) is 34.3 Å². The monoisotopic (exact) mass is 228 g/mol. The number of hydrogen-bond acceptors (Lipinski definition) is 2. The van der Waals surface area contributed by atoms with Crippen molar-refractivity contribution >= 4 is 21.7 Å². The number of Topliss-reactive ketones (excluding diaryl/α,β-unsaturated/α-hetero) is 1. The van der Waals surface area contributed by atoms with Gasteiger partial charge in [0.1, 0.15) is 6.10 Å². The molecule has 3 heteroatoms. The van der Waals surface area contributed by atoms with E-state index in [4.69, 9.17) is 5.11 Å². The van der Waals surface area contributed by atoms with Gasteiger partial charge >= 0.3 is 0 Å². The number of halogens is 1. The molecule has 2 nitrogen and oxygen atoms in total. The SMILES string of the molecule is CC(O)C(=O)c1cccc(Br)c1. The lowest BCUT2D eigenvalue weighted by Crippen LogP contribution is -2.15. The second kappa shape index (κ2) is 3.83. The van der Waals surface area contributed by atoms with Crippen LogP contribution in [0.2, 0.25) is 0 Å². The Morgan fingerprint density at radius 1 is 1.58 bits per heavy atom. The fourth-order valence-electron chi connectivity index (χ4n) is 0.883. The molecule has 1 aromatic rings. The Morgan fingerprint density at radius 3 is 2.75 bits per heavy atom. The summed E-state index contributed by atoms with van der Waals surface area (Å²) in [6, 6.07) is 6.97. The molecular weight excluding hydrogens is 220 g/mol. The van der Waals surface area contributed by atoms with Gasteiger partial charge in [-0.05, 0) is 19.1 Å². The Morgan fingerprint density at radius 2 is 2.25 bits per heavy atom. The molecule has 0 amide bonds. The van der Waals surface area contributed by atoms with E-state index in [1.807, 2.05) is 6.07 Å². The fraction of sp³-hybridized carbons (Fsp3) is 0.222. The summed E-state index contributed by atoms with van der Waals surface area (Å²) in [6.45, 7) is 1.46. The summed E-state index contributed by atoms with van der Waals surface area (Å²) in [7, 11) is 0. The first kappa shape index (κ1) is 9.42. The highest BCUT2D eigenvalue weighted by Crippen LogP contribution is 2.12. The molecule has 1 atom stereocenters. The second-order valence-electron chi connectivity index (χ2n) is 2.55. The van der Waals surface area contributed by atoms with Crippen molar-refractivity contribution in [1.82, 2.24) is 0 Å². The summed E-state index contributed by atoms with van der Waals surface area (Å²) in [5.74, 6) is -0.253. The Kier molecular flexibility index (Phi) is 3.00. The van der Waals surface area contributed by atoms with Crippen molar-refractivity contribution in [3.63, 3.8) is 0 Å². The molecule has 12 heavy (non-hydrogen) atoms. The van der Waals surface area contributed by atoms with E-state index < -0.39 is 6.10 Å². The Hall–Kier alpha value is -0.670. The van der Waals surface area contributed by atoms with Gasteiger partial charge in [-0.25, -0.2) is 0 Å². The minimum absolute atomic E-state index is 0.253. The highest BCUT2D eigenvalue weighted by Gasteiger charge is 2.11. The molecule has 0 fully saturated rings. The Balaban J connectivity index is 2.96. The zero-order valence-corrected chi connectivity index (χ0v) is 8.21. The zero-order valence-electron chi connectivity index (χ0n) is 6.62. The topological polar surface area (TPSA) is 37.3 Å². The van der Waals surface area contributed by atoms with Crippen molar-refractivity contribution in [2.45, 2.75) is 13.0 Å². The van der Waals surface area contributed by atoms with Crippen LogP contribution in [0.1, 0.15) is 17.3 Å². The smallest absolute Gasteiger partial charge is 0.191 e. The molecule has 0 saturated heterocycles. The van der Waals surface area contributed by atoms with Crippen LogP contribution in [-0.2, 0) is 0 Å². The molecular formula is C9H9BrO2. The molecule has 0 heterocycles. The molecule has 0 saturated carbocycles. The number of ketones is 1. The van der Waals surface area contributed by atoms with Gasteiger partial charge in [0.25, 0.3) is 0 Å². The third kappa shape index (κ3) is 2.16. The standard InChI is InChI=1S/C9H9BrO2/c1-6(11)9(12)7-3-2-4-8(10)5-7/h2-6,11H,1H3. The van der Waals surface area contributed by atoms with Crippen molar-refractivity contribution in [2.24, 2.45) is 0 Å². The van der Waals surface area contributed by atoms with E-state index in [9.17, 15) is 4.79 Å². The summed E-state index contributed by atoms with van der Waals surface area (Å²) < 4.78 is 0.842. The van der Waals surface area contributed by atoms with Crippen molar-refractivity contribution in [2.75, 3.05) is 0 Å². The van der Waals surface area contributed by atoms with Crippen LogP contribution in [0.3, 0.4) is 0 Å². The molecule has 0 aromatic heterocycles. The van der Waals surface area contributed by atoms with E-state index >= 15 is 0 Å². The predicted molar refractivity (Wildman–Crippen MR) is 50.2 cm³/mol. The third-order valence-electron chi connectivity index (χ3n) is 1.49. The summed E-state index contributed by atoms with van der Waals surface area (Å²) in [4.78, 5) is 11.2. The molecule has 1 unspecified atom stereocenters. The van der Waals surface area contributed by atoms with Gasteiger partial charge in [0, 0.05) is 10.0 Å². The number of rotatable bonds is 2. The van der Waals surface area contributed by atoms with Crippen molar-refractivity contribution < 1.29 is 9.90 Å². The molecule has 1 N–H and O–H groups in total. The first-order chi connectivity index (χ1) is 5.61. The molecule has 1 aromatic carbocycles. The van der Waals surface area contributed by atoms with Gasteiger partial charge < -0.3 is 5.11 Å². The number of hydrogen-bond donors (Lipinski definition) is 1. The molecule has 1 rings (SSSR count). The lowest BCUT2D eigenvalue weighted by atomic mass is 10.1. The summed E-state index contributed by atoms with van der Waals surface area (Å²) in [6.07, 6.45) is -0.931. The van der Waals surface area contributed by atoms with E-state index in [-0.39, 0.29) is 5.78 Å². The van der Waals surface area contributed by atoms with Crippen LogP contribution in [0.15, 0.2) is 28.7 Å². The van der Waals surface area contributed by atoms with Crippen LogP contribution >= 0.6 is 15.9 Å². The van der Waals surface area contributed by atoms with Gasteiger partial charge in [0.2, 0.25) is 0 Å². The molecule has 0 aliphatic carbocycles. The van der Waals surface area contributed by atoms with Gasteiger partial charge in [-0.3, -0.25) is 4.79 Å². The molecule has 0 spiro atoms. The average molecular weight is 229 g/mol. The summed E-state index contributed by atoms with van der Waals surface area (Å²) >= 11 is 3.25. The van der Waals surface area contributed by atoms with Crippen LogP contribution in [-0.4, -0.2) is 17.0 Å². The van der Waals surface area contributed by atoms with Gasteiger partial charge in [-0.2, -0.15) is 0 Å². The Labute approximate surface area is 79.3 Å². The van der Waals surface area contributed by atoms with Gasteiger partial charge in [0.15, 0.2) is 5.78 Å². The Bertz CT molecular complexity index is 294. The van der Waals surface area contributed by atoms with Crippen LogP contribution < -0.4 is 0 Å². The maximum Gasteiger partial charge on any atom is 0.191 e. The van der Waals surface area contributed by atoms with E-state index in [1.165, 1.54) is 6.92 Å². The number of aliphatic hydroxyl groups is 1.